The molecule has 168 valence electrons. The van der Waals surface area contributed by atoms with E-state index in [4.69, 9.17) is 9.47 Å². The molecule has 0 aliphatic carbocycles. The van der Waals surface area contributed by atoms with E-state index in [1.165, 1.54) is 6.07 Å². The molecule has 4 rings (SSSR count). The number of hydrogen-bond donors (Lipinski definition) is 4. The van der Waals surface area contributed by atoms with Crippen molar-refractivity contribution >= 4 is 0 Å². The zero-order valence-electron chi connectivity index (χ0n) is 17.5. The van der Waals surface area contributed by atoms with Crippen molar-refractivity contribution < 1.29 is 34.3 Å². The van der Waals surface area contributed by atoms with Crippen molar-refractivity contribution in [2.24, 2.45) is 0 Å². The predicted molar refractivity (Wildman–Crippen MR) is 112 cm³/mol. The van der Waals surface area contributed by atoms with E-state index in [9.17, 15) is 24.8 Å². The highest BCUT2D eigenvalue weighted by molar-refractivity contribution is 5.42. The molecule has 0 amide bonds. The quantitative estimate of drug-likeness (QED) is 0.559. The first-order chi connectivity index (χ1) is 14.8. The van der Waals surface area contributed by atoms with Crippen molar-refractivity contribution in [2.75, 3.05) is 0 Å². The monoisotopic (exact) mass is 432 g/mol. The summed E-state index contributed by atoms with van der Waals surface area (Å²) in [7, 11) is 0. The summed E-state index contributed by atoms with van der Waals surface area (Å²) in [6.45, 7) is 1.95. The van der Waals surface area contributed by atoms with Crippen LogP contribution < -0.4 is 9.47 Å². The van der Waals surface area contributed by atoms with Gasteiger partial charge < -0.3 is 29.9 Å². The highest BCUT2D eigenvalue weighted by Crippen LogP contribution is 2.37. The van der Waals surface area contributed by atoms with Crippen LogP contribution in [0.4, 0.5) is 4.39 Å². The van der Waals surface area contributed by atoms with Crippen molar-refractivity contribution in [2.45, 2.75) is 76.0 Å². The number of fused-ring (bicyclic) bond motifs is 2. The minimum absolute atomic E-state index is 0.321. The van der Waals surface area contributed by atoms with Gasteiger partial charge in [0.25, 0.3) is 0 Å². The molecule has 2 aliphatic rings. The molecule has 0 radical (unpaired) electrons. The van der Waals surface area contributed by atoms with E-state index in [0.717, 1.165) is 22.8 Å². The van der Waals surface area contributed by atoms with Crippen LogP contribution in [-0.2, 0) is 6.42 Å². The topological polar surface area (TPSA) is 99.4 Å². The smallest absolute Gasteiger partial charge is 0.168 e. The van der Waals surface area contributed by atoms with Crippen molar-refractivity contribution in [3.63, 3.8) is 0 Å². The van der Waals surface area contributed by atoms with E-state index in [2.05, 4.69) is 0 Å². The third-order valence-corrected chi connectivity index (χ3v) is 6.22. The van der Waals surface area contributed by atoms with Crippen LogP contribution in [0.5, 0.6) is 17.2 Å². The second-order valence-electron chi connectivity index (χ2n) is 8.62. The molecule has 2 aromatic carbocycles. The van der Waals surface area contributed by atoms with Crippen LogP contribution in [0.1, 0.15) is 54.9 Å². The Balaban J connectivity index is 1.27. The van der Waals surface area contributed by atoms with Gasteiger partial charge in [0, 0.05) is 18.1 Å². The summed E-state index contributed by atoms with van der Waals surface area (Å²) >= 11 is 0. The molecule has 0 fully saturated rings. The Morgan fingerprint density at radius 1 is 1.03 bits per heavy atom. The molecule has 31 heavy (non-hydrogen) atoms. The lowest BCUT2D eigenvalue weighted by Gasteiger charge is -2.33. The van der Waals surface area contributed by atoms with Gasteiger partial charge in [0.1, 0.15) is 23.7 Å². The second-order valence-corrected chi connectivity index (χ2v) is 8.62. The third kappa shape index (κ3) is 4.79. The SMILES string of the molecule is Cc1ccc2c(c1)[C@H](O)C[C@@H]([C@@H](O)CCC[C@H](O)[C@H]1CCc3cc(O)c(F)cc3O1)O2. The number of hydrogen-bond acceptors (Lipinski definition) is 6. The van der Waals surface area contributed by atoms with Gasteiger partial charge in [-0.15, -0.1) is 0 Å². The molecule has 6 nitrogen and oxygen atoms in total. The van der Waals surface area contributed by atoms with Crippen LogP contribution in [0.25, 0.3) is 0 Å². The van der Waals surface area contributed by atoms with Crippen LogP contribution in [0.3, 0.4) is 0 Å². The van der Waals surface area contributed by atoms with Gasteiger partial charge in [-0.2, -0.15) is 0 Å². The van der Waals surface area contributed by atoms with Gasteiger partial charge in [-0.3, -0.25) is 0 Å². The summed E-state index contributed by atoms with van der Waals surface area (Å²) in [5.41, 5.74) is 2.51. The number of rotatable bonds is 6. The Morgan fingerprint density at radius 3 is 2.52 bits per heavy atom. The fourth-order valence-electron chi connectivity index (χ4n) is 4.42. The van der Waals surface area contributed by atoms with Gasteiger partial charge in [0.2, 0.25) is 0 Å². The summed E-state index contributed by atoms with van der Waals surface area (Å²) < 4.78 is 25.2. The average molecular weight is 432 g/mol. The first-order valence-corrected chi connectivity index (χ1v) is 10.8. The molecule has 7 heteroatoms. The molecule has 2 aliphatic heterocycles. The number of halogens is 1. The lowest BCUT2D eigenvalue weighted by atomic mass is 9.92. The fraction of sp³-hybridized carbons (Fsp3) is 0.500. The minimum Gasteiger partial charge on any atom is -0.505 e. The number of aliphatic hydroxyl groups excluding tert-OH is 3. The predicted octanol–water partition coefficient (Wildman–Crippen LogP) is 3.31. The second kappa shape index (κ2) is 9.02. The van der Waals surface area contributed by atoms with Crippen LogP contribution in [0, 0.1) is 12.7 Å². The summed E-state index contributed by atoms with van der Waals surface area (Å²) in [6.07, 6.45) is -0.297. The molecule has 2 heterocycles. The van der Waals surface area contributed by atoms with Crippen LogP contribution >= 0.6 is 0 Å². The number of phenolic OH excluding ortho intramolecular Hbond substituents is 1. The van der Waals surface area contributed by atoms with E-state index in [0.29, 0.717) is 50.0 Å². The van der Waals surface area contributed by atoms with Gasteiger partial charge >= 0.3 is 0 Å². The van der Waals surface area contributed by atoms with Crippen molar-refractivity contribution in [1.29, 1.82) is 0 Å². The fourth-order valence-corrected chi connectivity index (χ4v) is 4.42. The van der Waals surface area contributed by atoms with Crippen molar-refractivity contribution in [1.82, 2.24) is 0 Å². The van der Waals surface area contributed by atoms with Crippen LogP contribution in [0.15, 0.2) is 30.3 Å². The molecular weight excluding hydrogens is 403 g/mol. The van der Waals surface area contributed by atoms with Gasteiger partial charge in [-0.1, -0.05) is 11.6 Å². The third-order valence-electron chi connectivity index (χ3n) is 6.22. The molecule has 0 saturated heterocycles. The average Bonchev–Trinajstić information content (AvgIpc) is 2.74. The number of ether oxygens (including phenoxy) is 2. The van der Waals surface area contributed by atoms with Gasteiger partial charge in [0.15, 0.2) is 11.6 Å². The zero-order valence-corrected chi connectivity index (χ0v) is 17.5. The maximum absolute atomic E-state index is 13.6. The lowest BCUT2D eigenvalue weighted by Crippen LogP contribution is -2.37. The van der Waals surface area contributed by atoms with Crippen molar-refractivity contribution in [3.05, 3.63) is 52.8 Å². The maximum Gasteiger partial charge on any atom is 0.168 e. The minimum atomic E-state index is -0.763. The van der Waals surface area contributed by atoms with E-state index in [1.54, 1.807) is 0 Å². The Hall–Kier alpha value is -2.35. The lowest BCUT2D eigenvalue weighted by molar-refractivity contribution is -0.0230. The number of aryl methyl sites for hydroxylation is 2. The van der Waals surface area contributed by atoms with E-state index < -0.39 is 42.1 Å². The number of aliphatic hydroxyl groups is 3. The Kier molecular flexibility index (Phi) is 6.36. The highest BCUT2D eigenvalue weighted by atomic mass is 19.1. The molecule has 0 spiro atoms. The molecule has 2 aromatic rings. The molecule has 4 N–H and O–H groups in total. The summed E-state index contributed by atoms with van der Waals surface area (Å²) in [5.74, 6) is -0.198. The van der Waals surface area contributed by atoms with Crippen LogP contribution in [0.2, 0.25) is 0 Å². The van der Waals surface area contributed by atoms with Gasteiger partial charge in [0.05, 0.1) is 18.3 Å². The first-order valence-electron chi connectivity index (χ1n) is 10.8. The summed E-state index contributed by atoms with van der Waals surface area (Å²) in [4.78, 5) is 0. The zero-order chi connectivity index (χ0) is 22.1. The van der Waals surface area contributed by atoms with Crippen molar-refractivity contribution in [3.8, 4) is 17.2 Å². The molecule has 0 saturated carbocycles. The Morgan fingerprint density at radius 2 is 1.74 bits per heavy atom. The summed E-state index contributed by atoms with van der Waals surface area (Å²) in [6, 6.07) is 8.14. The van der Waals surface area contributed by atoms with Gasteiger partial charge in [-0.25, -0.2) is 4.39 Å². The Bertz CT molecular complexity index is 933. The summed E-state index contributed by atoms with van der Waals surface area (Å²) in [5, 5.41) is 41.0. The Labute approximate surface area is 180 Å². The maximum atomic E-state index is 13.6. The number of benzene rings is 2. The molecule has 0 unspecified atom stereocenters. The van der Waals surface area contributed by atoms with E-state index in [1.807, 2.05) is 25.1 Å². The molecule has 0 aromatic heterocycles. The van der Waals surface area contributed by atoms with E-state index >= 15 is 0 Å². The van der Waals surface area contributed by atoms with E-state index in [-0.39, 0.29) is 0 Å². The largest absolute Gasteiger partial charge is 0.505 e. The number of aromatic hydroxyl groups is 1. The first kappa shape index (κ1) is 21.9. The molecular formula is C24H29FO6. The molecule has 5 atom stereocenters. The van der Waals surface area contributed by atoms with Crippen LogP contribution in [-0.4, -0.2) is 44.8 Å². The highest BCUT2D eigenvalue weighted by Gasteiger charge is 2.32. The molecule has 0 bridgehead atoms. The van der Waals surface area contributed by atoms with Gasteiger partial charge in [-0.05, 0) is 62.8 Å². The normalized spacial score (nSPS) is 24.4. The standard InChI is InChI=1S/C24H29FO6/c1-13-5-7-21-15(9-13)19(28)12-24(30-21)18(27)4-2-3-17(26)22-8-6-14-10-20(29)16(25)11-23(14)31-22/h5,7,9-11,17-19,22,24,26-29H,2-4,6,8,12H2,1H3/t17-,18-,19+,22+,24-/m0/s1. The number of phenols is 1.